The summed E-state index contributed by atoms with van der Waals surface area (Å²) in [5.41, 5.74) is 10.7. The van der Waals surface area contributed by atoms with Crippen LogP contribution in [0.5, 0.6) is 0 Å². The fraction of sp³-hybridized carbons (Fsp3) is 0. The molecule has 0 fully saturated rings. The van der Waals surface area contributed by atoms with Crippen LogP contribution in [0.15, 0.2) is 234 Å². The first-order chi connectivity index (χ1) is 33.7. The molecule has 13 rings (SSSR count). The van der Waals surface area contributed by atoms with E-state index < -0.39 is 0 Å². The van der Waals surface area contributed by atoms with Crippen LogP contribution in [0.1, 0.15) is 16.7 Å². The van der Waals surface area contributed by atoms with Crippen LogP contribution in [0.4, 0.5) is 0 Å². The molecule has 3 aromatic heterocycles. The summed E-state index contributed by atoms with van der Waals surface area (Å²) >= 11 is 1.81. The average molecular weight is 886 g/mol. The Balaban J connectivity index is 1.06. The van der Waals surface area contributed by atoms with Gasteiger partial charge < -0.3 is 4.57 Å². The predicted octanol–water partition coefficient (Wildman–Crippen LogP) is 16.2. The van der Waals surface area contributed by atoms with Gasteiger partial charge in [0.05, 0.1) is 22.2 Å². The molecule has 0 amide bonds. The van der Waals surface area contributed by atoms with Crippen molar-refractivity contribution in [1.82, 2.24) is 9.55 Å². The molecule has 6 heteroatoms. The molecule has 0 aliphatic carbocycles. The van der Waals surface area contributed by atoms with Gasteiger partial charge in [-0.15, -0.1) is 11.3 Å². The summed E-state index contributed by atoms with van der Waals surface area (Å²) in [7, 11) is 0. The van der Waals surface area contributed by atoms with E-state index in [4.69, 9.17) is 15.0 Å². The molecule has 1 N–H and O–H groups in total. The van der Waals surface area contributed by atoms with Crippen molar-refractivity contribution in [3.63, 3.8) is 0 Å². The molecule has 0 unspecified atom stereocenters. The molecule has 0 aliphatic heterocycles. The lowest BCUT2D eigenvalue weighted by Crippen LogP contribution is -2.05. The molecule has 0 spiro atoms. The Labute approximate surface area is 395 Å². The topological polar surface area (TPSA) is 66.4 Å². The third kappa shape index (κ3) is 6.53. The predicted molar refractivity (Wildman–Crippen MR) is 289 cm³/mol. The van der Waals surface area contributed by atoms with Crippen LogP contribution in [0.25, 0.3) is 102 Å². The van der Waals surface area contributed by atoms with Crippen molar-refractivity contribution < 1.29 is 0 Å². The van der Waals surface area contributed by atoms with Crippen LogP contribution >= 0.6 is 11.3 Å². The maximum Gasteiger partial charge on any atom is 0.162 e. The van der Waals surface area contributed by atoms with Gasteiger partial charge in [-0.25, -0.2) is 15.0 Å². The van der Waals surface area contributed by atoms with Gasteiger partial charge in [0.15, 0.2) is 11.7 Å². The monoisotopic (exact) mass is 885 g/mol. The Morgan fingerprint density at radius 2 is 1.21 bits per heavy atom. The first-order valence-electron chi connectivity index (χ1n) is 22.8. The Morgan fingerprint density at radius 3 is 2.09 bits per heavy atom. The van der Waals surface area contributed by atoms with Crippen molar-refractivity contribution >= 4 is 104 Å². The molecule has 3 heterocycles. The number of para-hydroxylation sites is 2. The van der Waals surface area contributed by atoms with Crippen LogP contribution in [0.2, 0.25) is 0 Å². The molecule has 0 bridgehead atoms. The van der Waals surface area contributed by atoms with Crippen molar-refractivity contribution in [2.24, 2.45) is 9.98 Å². The number of benzene rings is 10. The summed E-state index contributed by atoms with van der Waals surface area (Å²) in [5.74, 6) is 0.575. The molecular weight excluding hydrogens is 847 g/mol. The number of amidine groups is 2. The maximum atomic E-state index is 9.70. The number of nitrogens with zero attached hydrogens (tertiary/aromatic N) is 4. The minimum Gasteiger partial charge on any atom is -0.309 e. The average Bonchev–Trinajstić information content (AvgIpc) is 3.96. The zero-order valence-electron chi connectivity index (χ0n) is 36.6. The highest BCUT2D eigenvalue weighted by atomic mass is 32.1. The van der Waals surface area contributed by atoms with E-state index in [1.165, 1.54) is 25.6 Å². The summed E-state index contributed by atoms with van der Waals surface area (Å²) < 4.78 is 4.88. The van der Waals surface area contributed by atoms with Gasteiger partial charge in [0.1, 0.15) is 0 Å². The first-order valence-corrected chi connectivity index (χ1v) is 23.6. The SMILES string of the molecule is N=C(N=C(N=Cc1ccccc1)c1cccc2c1c1ccc3c(-c4cccc5ccccc45)nc4ccccc4c3c1n2-c1ccccc1)c1cccc(-c2cccc3c2sc2ccccc23)c1. The number of hydrogen-bond donors (Lipinski definition) is 1. The molecule has 10 aromatic carbocycles. The van der Waals surface area contributed by atoms with Crippen LogP contribution in [-0.2, 0) is 0 Å². The molecule has 0 saturated heterocycles. The van der Waals surface area contributed by atoms with E-state index in [1.807, 2.05) is 60.0 Å². The third-order valence-electron chi connectivity index (χ3n) is 13.1. The van der Waals surface area contributed by atoms with Crippen LogP contribution in [0, 0.1) is 5.41 Å². The van der Waals surface area contributed by atoms with Gasteiger partial charge in [-0.3, -0.25) is 5.41 Å². The summed E-state index contributed by atoms with van der Waals surface area (Å²) in [5, 5.41) is 19.8. The molecule has 68 heavy (non-hydrogen) atoms. The normalized spacial score (nSPS) is 12.2. The zero-order chi connectivity index (χ0) is 45.1. The molecule has 5 nitrogen and oxygen atoms in total. The molecule has 13 aromatic rings. The number of aliphatic imine (C=N–C) groups is 2. The lowest BCUT2D eigenvalue weighted by molar-refractivity contribution is 1.19. The molecular formula is C62H39N5S. The fourth-order valence-electron chi connectivity index (χ4n) is 10.1. The number of rotatable bonds is 6. The minimum absolute atomic E-state index is 0.127. The largest absolute Gasteiger partial charge is 0.309 e. The minimum atomic E-state index is 0.127. The second kappa shape index (κ2) is 16.2. The van der Waals surface area contributed by atoms with E-state index in [9.17, 15) is 5.41 Å². The van der Waals surface area contributed by atoms with E-state index in [0.29, 0.717) is 11.4 Å². The van der Waals surface area contributed by atoms with Gasteiger partial charge in [-0.2, -0.15) is 0 Å². The standard InChI is InChI=1S/C62H39N5S/c63-61(42-22-13-21-41(37-42)45-28-15-30-48-46-26-10-12-34-55(46)68-60(45)48)66-62(64-38-39-17-3-1-4-18-39)52-31-16-33-54-56(52)51-36-35-50-57(59(51)67(54)43-23-5-2-6-24-43)49-27-9-11-32-53(49)65-58(50)47-29-14-20-40-19-7-8-25-44(40)47/h1-38,63H. The Morgan fingerprint density at radius 1 is 0.529 bits per heavy atom. The van der Waals surface area contributed by atoms with Gasteiger partial charge in [-0.05, 0) is 63.9 Å². The number of pyridine rings is 1. The van der Waals surface area contributed by atoms with Gasteiger partial charge in [0.2, 0.25) is 0 Å². The summed E-state index contributed by atoms with van der Waals surface area (Å²) in [6.45, 7) is 0. The molecule has 0 saturated carbocycles. The van der Waals surface area contributed by atoms with Crippen LogP contribution < -0.4 is 0 Å². The summed E-state index contributed by atoms with van der Waals surface area (Å²) in [6.07, 6.45) is 1.85. The number of nitrogens with one attached hydrogen (secondary N) is 1. The Kier molecular flexibility index (Phi) is 9.44. The highest BCUT2D eigenvalue weighted by Crippen LogP contribution is 2.45. The van der Waals surface area contributed by atoms with Crippen LogP contribution in [-0.4, -0.2) is 27.4 Å². The van der Waals surface area contributed by atoms with E-state index >= 15 is 0 Å². The number of thiophene rings is 1. The Hall–Kier alpha value is -8.84. The van der Waals surface area contributed by atoms with Crippen molar-refractivity contribution in [2.75, 3.05) is 0 Å². The van der Waals surface area contributed by atoms with Crippen molar-refractivity contribution in [3.8, 4) is 28.1 Å². The zero-order valence-corrected chi connectivity index (χ0v) is 37.5. The highest BCUT2D eigenvalue weighted by molar-refractivity contribution is 7.26. The number of fused-ring (bicyclic) bond motifs is 11. The van der Waals surface area contributed by atoms with Crippen molar-refractivity contribution in [1.29, 1.82) is 5.41 Å². The molecule has 0 atom stereocenters. The van der Waals surface area contributed by atoms with Gasteiger partial charge >= 0.3 is 0 Å². The van der Waals surface area contributed by atoms with E-state index in [0.717, 1.165) is 88.1 Å². The van der Waals surface area contributed by atoms with E-state index in [1.54, 1.807) is 0 Å². The van der Waals surface area contributed by atoms with Crippen molar-refractivity contribution in [2.45, 2.75) is 0 Å². The molecule has 0 radical (unpaired) electrons. The quantitative estimate of drug-likeness (QED) is 0.101. The number of hydrogen-bond acceptors (Lipinski definition) is 3. The fourth-order valence-corrected chi connectivity index (χ4v) is 11.3. The maximum absolute atomic E-state index is 9.70. The van der Waals surface area contributed by atoms with E-state index in [-0.39, 0.29) is 5.84 Å². The lowest BCUT2D eigenvalue weighted by Gasteiger charge is -2.15. The lowest BCUT2D eigenvalue weighted by atomic mass is 9.94. The Bertz CT molecular complexity index is 4210. The summed E-state index contributed by atoms with van der Waals surface area (Å²) in [4.78, 5) is 15.8. The molecule has 0 aliphatic rings. The second-order valence-electron chi connectivity index (χ2n) is 17.1. The van der Waals surface area contributed by atoms with Gasteiger partial charge in [0.25, 0.3) is 0 Å². The third-order valence-corrected chi connectivity index (χ3v) is 14.3. The van der Waals surface area contributed by atoms with Crippen molar-refractivity contribution in [3.05, 3.63) is 241 Å². The second-order valence-corrected chi connectivity index (χ2v) is 18.1. The summed E-state index contributed by atoms with van der Waals surface area (Å²) in [6, 6.07) is 78.4. The first kappa shape index (κ1) is 39.5. The van der Waals surface area contributed by atoms with E-state index in [2.05, 4.69) is 187 Å². The number of aromatic nitrogens is 2. The molecule has 318 valence electrons. The van der Waals surface area contributed by atoms with Gasteiger partial charge in [-0.1, -0.05) is 188 Å². The highest BCUT2D eigenvalue weighted by Gasteiger charge is 2.23. The van der Waals surface area contributed by atoms with Gasteiger partial charge in [0, 0.05) is 75.7 Å². The smallest absolute Gasteiger partial charge is 0.162 e. The van der Waals surface area contributed by atoms with Crippen LogP contribution in [0.3, 0.4) is 0 Å².